The largest absolute Gasteiger partial charge is 0.573 e. The second-order valence-corrected chi connectivity index (χ2v) is 4.37. The lowest BCUT2D eigenvalue weighted by Crippen LogP contribution is -2.16. The summed E-state index contributed by atoms with van der Waals surface area (Å²) in [6.07, 6.45) is -3.71. The summed E-state index contributed by atoms with van der Waals surface area (Å²) in [7, 11) is 0. The van der Waals surface area contributed by atoms with Crippen LogP contribution in [0.25, 0.3) is 0 Å². The molecule has 0 aliphatic heterocycles. The molecule has 0 fully saturated rings. The molecule has 2 rings (SSSR count). The van der Waals surface area contributed by atoms with Gasteiger partial charge < -0.3 is 4.74 Å². The van der Waals surface area contributed by atoms with Crippen LogP contribution in [0, 0.1) is 11.8 Å². The fourth-order valence-electron chi connectivity index (χ4n) is 1.71. The molecule has 0 aliphatic rings. The maximum atomic E-state index is 12.0. The van der Waals surface area contributed by atoms with E-state index in [1.807, 2.05) is 24.3 Å². The zero-order chi connectivity index (χ0) is 15.3. The van der Waals surface area contributed by atoms with E-state index in [-0.39, 0.29) is 5.75 Å². The fourth-order valence-corrected chi connectivity index (χ4v) is 1.71. The molecule has 0 aliphatic carbocycles. The number of ether oxygens (including phenoxy) is 1. The van der Waals surface area contributed by atoms with Crippen molar-refractivity contribution >= 4 is 0 Å². The van der Waals surface area contributed by atoms with E-state index in [0.717, 1.165) is 12.0 Å². The van der Waals surface area contributed by atoms with Crippen LogP contribution in [0.4, 0.5) is 13.2 Å². The van der Waals surface area contributed by atoms with E-state index in [1.165, 1.54) is 29.8 Å². The molecule has 0 amide bonds. The summed E-state index contributed by atoms with van der Waals surface area (Å²) < 4.78 is 39.9. The van der Waals surface area contributed by atoms with Gasteiger partial charge in [0.25, 0.3) is 0 Å². The van der Waals surface area contributed by atoms with Crippen LogP contribution in [-0.4, -0.2) is 6.36 Å². The SMILES string of the molecule is CCc1ccc(C#Cc2ccc(OC(F)(F)F)cc2)cc1. The first kappa shape index (κ1) is 15.0. The predicted molar refractivity (Wildman–Crippen MR) is 74.9 cm³/mol. The second kappa shape index (κ2) is 6.36. The first-order valence-corrected chi connectivity index (χ1v) is 6.43. The maximum Gasteiger partial charge on any atom is 0.573 e. The third-order valence-corrected chi connectivity index (χ3v) is 2.80. The van der Waals surface area contributed by atoms with E-state index in [4.69, 9.17) is 0 Å². The molecule has 0 N–H and O–H groups in total. The molecule has 0 spiro atoms. The zero-order valence-electron chi connectivity index (χ0n) is 11.4. The summed E-state index contributed by atoms with van der Waals surface area (Å²) in [6.45, 7) is 2.07. The lowest BCUT2D eigenvalue weighted by Gasteiger charge is -2.07. The van der Waals surface area contributed by atoms with Crippen molar-refractivity contribution in [2.45, 2.75) is 19.7 Å². The highest BCUT2D eigenvalue weighted by Gasteiger charge is 2.30. The molecule has 0 unspecified atom stereocenters. The van der Waals surface area contributed by atoms with Crippen LogP contribution in [0.15, 0.2) is 48.5 Å². The number of halogens is 3. The van der Waals surface area contributed by atoms with Gasteiger partial charge in [0.15, 0.2) is 0 Å². The van der Waals surface area contributed by atoms with Crippen LogP contribution in [0.2, 0.25) is 0 Å². The van der Waals surface area contributed by atoms with Crippen LogP contribution >= 0.6 is 0 Å². The van der Waals surface area contributed by atoms with Gasteiger partial charge in [-0.2, -0.15) is 0 Å². The van der Waals surface area contributed by atoms with Gasteiger partial charge in [0.2, 0.25) is 0 Å². The van der Waals surface area contributed by atoms with E-state index in [9.17, 15) is 13.2 Å². The Hall–Kier alpha value is -2.41. The Bertz CT molecular complexity index is 644. The van der Waals surface area contributed by atoms with Crippen molar-refractivity contribution in [3.63, 3.8) is 0 Å². The van der Waals surface area contributed by atoms with Crippen molar-refractivity contribution in [3.05, 3.63) is 65.2 Å². The summed E-state index contributed by atoms with van der Waals surface area (Å²) in [5, 5.41) is 0. The minimum atomic E-state index is -4.67. The third kappa shape index (κ3) is 4.88. The molecule has 2 aromatic carbocycles. The summed E-state index contributed by atoms with van der Waals surface area (Å²) in [5.41, 5.74) is 2.72. The standard InChI is InChI=1S/C17H13F3O/c1-2-13-3-5-14(6-4-13)7-8-15-9-11-16(12-10-15)21-17(18,19)20/h3-6,9-12H,2H2,1H3. The highest BCUT2D eigenvalue weighted by Crippen LogP contribution is 2.22. The maximum absolute atomic E-state index is 12.0. The van der Waals surface area contributed by atoms with Crippen LogP contribution in [0.1, 0.15) is 23.6 Å². The van der Waals surface area contributed by atoms with E-state index in [1.54, 1.807) is 0 Å². The van der Waals surface area contributed by atoms with Gasteiger partial charge in [-0.15, -0.1) is 13.2 Å². The van der Waals surface area contributed by atoms with Crippen molar-refractivity contribution in [3.8, 4) is 17.6 Å². The molecule has 0 aromatic heterocycles. The Morgan fingerprint density at radius 2 is 1.33 bits per heavy atom. The number of rotatable bonds is 2. The molecule has 4 heteroatoms. The molecule has 0 saturated carbocycles. The molecule has 0 radical (unpaired) electrons. The average Bonchev–Trinajstić information content (AvgIpc) is 2.45. The van der Waals surface area contributed by atoms with Crippen LogP contribution in [0.3, 0.4) is 0 Å². The molecule has 0 saturated heterocycles. The van der Waals surface area contributed by atoms with Gasteiger partial charge in [0.1, 0.15) is 5.75 Å². The number of benzene rings is 2. The zero-order valence-corrected chi connectivity index (χ0v) is 11.4. The number of hydrogen-bond donors (Lipinski definition) is 0. The third-order valence-electron chi connectivity index (χ3n) is 2.80. The molecule has 108 valence electrons. The molecule has 21 heavy (non-hydrogen) atoms. The normalized spacial score (nSPS) is 10.7. The van der Waals surface area contributed by atoms with Gasteiger partial charge in [-0.3, -0.25) is 0 Å². The topological polar surface area (TPSA) is 9.23 Å². The van der Waals surface area contributed by atoms with E-state index >= 15 is 0 Å². The van der Waals surface area contributed by atoms with Gasteiger partial charge in [-0.05, 0) is 48.4 Å². The molecular weight excluding hydrogens is 277 g/mol. The van der Waals surface area contributed by atoms with Crippen molar-refractivity contribution < 1.29 is 17.9 Å². The molecule has 1 nitrogen and oxygen atoms in total. The predicted octanol–water partition coefficient (Wildman–Crippen LogP) is 4.55. The average molecular weight is 290 g/mol. The van der Waals surface area contributed by atoms with Crippen molar-refractivity contribution in [2.24, 2.45) is 0 Å². The Morgan fingerprint density at radius 3 is 1.76 bits per heavy atom. The Morgan fingerprint density at radius 1 is 0.857 bits per heavy atom. The van der Waals surface area contributed by atoms with Gasteiger partial charge in [0.05, 0.1) is 0 Å². The fraction of sp³-hybridized carbons (Fsp3) is 0.176. The van der Waals surface area contributed by atoms with Crippen LogP contribution < -0.4 is 4.74 Å². The van der Waals surface area contributed by atoms with Gasteiger partial charge in [-0.25, -0.2) is 0 Å². The molecule has 0 bridgehead atoms. The summed E-state index contributed by atoms with van der Waals surface area (Å²) in [6, 6.07) is 13.3. The van der Waals surface area contributed by atoms with E-state index < -0.39 is 6.36 Å². The van der Waals surface area contributed by atoms with Crippen molar-refractivity contribution in [1.82, 2.24) is 0 Å². The summed E-state index contributed by atoms with van der Waals surface area (Å²) in [4.78, 5) is 0. The lowest BCUT2D eigenvalue weighted by atomic mass is 10.1. The Kier molecular flexibility index (Phi) is 4.54. The van der Waals surface area contributed by atoms with Gasteiger partial charge in [-0.1, -0.05) is 30.9 Å². The molecule has 0 atom stereocenters. The van der Waals surface area contributed by atoms with E-state index in [2.05, 4.69) is 23.5 Å². The Balaban J connectivity index is 2.08. The number of hydrogen-bond acceptors (Lipinski definition) is 1. The first-order chi connectivity index (χ1) is 9.96. The number of aryl methyl sites for hydroxylation is 1. The lowest BCUT2D eigenvalue weighted by molar-refractivity contribution is -0.274. The quantitative estimate of drug-likeness (QED) is 0.737. The highest BCUT2D eigenvalue weighted by atomic mass is 19.4. The molecular formula is C17H13F3O. The highest BCUT2D eigenvalue weighted by molar-refractivity contribution is 5.44. The monoisotopic (exact) mass is 290 g/mol. The van der Waals surface area contributed by atoms with Gasteiger partial charge in [0, 0.05) is 11.1 Å². The summed E-state index contributed by atoms with van der Waals surface area (Å²) >= 11 is 0. The van der Waals surface area contributed by atoms with Crippen molar-refractivity contribution in [1.29, 1.82) is 0 Å². The van der Waals surface area contributed by atoms with Crippen molar-refractivity contribution in [2.75, 3.05) is 0 Å². The Labute approximate surface area is 121 Å². The molecule has 0 heterocycles. The minimum Gasteiger partial charge on any atom is -0.406 e. The van der Waals surface area contributed by atoms with Crippen LogP contribution in [-0.2, 0) is 6.42 Å². The van der Waals surface area contributed by atoms with E-state index in [0.29, 0.717) is 5.56 Å². The number of alkyl halides is 3. The smallest absolute Gasteiger partial charge is 0.406 e. The van der Waals surface area contributed by atoms with Gasteiger partial charge >= 0.3 is 6.36 Å². The summed E-state index contributed by atoms with van der Waals surface area (Å²) in [5.74, 6) is 5.62. The van der Waals surface area contributed by atoms with Crippen LogP contribution in [0.5, 0.6) is 5.75 Å². The first-order valence-electron chi connectivity index (χ1n) is 6.43. The molecule has 2 aromatic rings. The second-order valence-electron chi connectivity index (χ2n) is 4.37. The minimum absolute atomic E-state index is 0.250.